The third-order valence-electron chi connectivity index (χ3n) is 10.7. The monoisotopic (exact) mass is 775 g/mol. The van der Waals surface area contributed by atoms with Gasteiger partial charge in [-0.1, -0.05) is 30.3 Å². The summed E-state index contributed by atoms with van der Waals surface area (Å²) >= 11 is 0. The van der Waals surface area contributed by atoms with Gasteiger partial charge in [0.2, 0.25) is 5.91 Å². The number of carbonyl (C=O) groups excluding carboxylic acids is 4. The molecule has 2 saturated heterocycles. The normalized spacial score (nSPS) is 17.5. The SMILES string of the molecule is COC(=O)N[C@H](C)C(=O)N(C)[C@@H](C)c1ncc(C2CCN(c3c(F)cc(-c4cnc([C@@H]5CCCN5C(=O)[C@H](NC(=O)OC)c5ccccc5)[nH]4)cc3F)CC2)[nH]1. The highest BCUT2D eigenvalue weighted by Gasteiger charge is 2.37. The molecule has 0 aliphatic carbocycles. The Bertz CT molecular complexity index is 2010. The Kier molecular flexibility index (Phi) is 12.2. The number of amides is 4. The summed E-state index contributed by atoms with van der Waals surface area (Å²) in [5.74, 6) is -0.916. The van der Waals surface area contributed by atoms with Crippen LogP contribution in [0.3, 0.4) is 0 Å². The number of methoxy groups -OCH3 is 2. The molecule has 4 heterocycles. The number of likely N-dealkylation sites (N-methyl/N-ethyl adjacent to an activating group) is 1. The summed E-state index contributed by atoms with van der Waals surface area (Å²) < 4.78 is 40.9. The molecule has 0 spiro atoms. The van der Waals surface area contributed by atoms with Crippen LogP contribution in [0.25, 0.3) is 11.3 Å². The number of piperidine rings is 1. The van der Waals surface area contributed by atoms with Gasteiger partial charge in [0, 0.05) is 50.1 Å². The van der Waals surface area contributed by atoms with Gasteiger partial charge in [-0.05, 0) is 57.2 Å². The van der Waals surface area contributed by atoms with Crippen molar-refractivity contribution in [1.29, 1.82) is 0 Å². The number of aromatic amines is 2. The number of anilines is 1. The first-order valence-corrected chi connectivity index (χ1v) is 18.5. The molecule has 6 rings (SSSR count). The summed E-state index contributed by atoms with van der Waals surface area (Å²) in [4.78, 5) is 70.8. The number of carbonyl (C=O) groups is 4. The second-order valence-electron chi connectivity index (χ2n) is 14.1. The molecule has 2 aliphatic heterocycles. The number of hydrogen-bond acceptors (Lipinski definition) is 9. The molecule has 298 valence electrons. The van der Waals surface area contributed by atoms with Gasteiger partial charge in [-0.3, -0.25) is 9.59 Å². The molecule has 4 amide bonds. The summed E-state index contributed by atoms with van der Waals surface area (Å²) in [6.45, 7) is 4.66. The van der Waals surface area contributed by atoms with Gasteiger partial charge >= 0.3 is 12.2 Å². The van der Waals surface area contributed by atoms with Crippen LogP contribution in [0.1, 0.15) is 86.5 Å². The molecule has 0 bridgehead atoms. The number of likely N-dealkylation sites (tertiary alicyclic amines) is 1. The first-order chi connectivity index (χ1) is 26.9. The number of halogens is 2. The van der Waals surface area contributed by atoms with Crippen LogP contribution >= 0.6 is 0 Å². The van der Waals surface area contributed by atoms with Crippen molar-refractivity contribution in [2.75, 3.05) is 45.8 Å². The highest BCUT2D eigenvalue weighted by atomic mass is 19.1. The average Bonchev–Trinajstić information content (AvgIpc) is 4.01. The van der Waals surface area contributed by atoms with E-state index in [0.29, 0.717) is 68.2 Å². The molecule has 2 fully saturated rings. The summed E-state index contributed by atoms with van der Waals surface area (Å²) in [5.41, 5.74) is 2.06. The van der Waals surface area contributed by atoms with Crippen LogP contribution in [0.2, 0.25) is 0 Å². The second-order valence-corrected chi connectivity index (χ2v) is 14.1. The lowest BCUT2D eigenvalue weighted by Gasteiger charge is -2.33. The maximum absolute atomic E-state index is 15.7. The van der Waals surface area contributed by atoms with Gasteiger partial charge in [0.15, 0.2) is 0 Å². The Morgan fingerprint density at radius 1 is 0.893 bits per heavy atom. The Balaban J connectivity index is 1.09. The first kappa shape index (κ1) is 39.7. The average molecular weight is 776 g/mol. The molecule has 15 nitrogen and oxygen atoms in total. The lowest BCUT2D eigenvalue weighted by Crippen LogP contribution is -2.46. The van der Waals surface area contributed by atoms with Crippen molar-refractivity contribution in [3.8, 4) is 11.3 Å². The van der Waals surface area contributed by atoms with E-state index in [9.17, 15) is 19.2 Å². The van der Waals surface area contributed by atoms with Gasteiger partial charge in [-0.2, -0.15) is 0 Å². The molecule has 0 radical (unpaired) electrons. The molecule has 0 unspecified atom stereocenters. The maximum Gasteiger partial charge on any atom is 0.407 e. The number of hydrogen-bond donors (Lipinski definition) is 4. The molecular weight excluding hydrogens is 728 g/mol. The van der Waals surface area contributed by atoms with Gasteiger partial charge < -0.3 is 44.8 Å². The zero-order valence-electron chi connectivity index (χ0n) is 32.0. The Morgan fingerprint density at radius 3 is 2.21 bits per heavy atom. The predicted octanol–water partition coefficient (Wildman–Crippen LogP) is 5.49. The number of rotatable bonds is 11. The van der Waals surface area contributed by atoms with Crippen molar-refractivity contribution in [3.05, 3.63) is 89.4 Å². The summed E-state index contributed by atoms with van der Waals surface area (Å²) in [7, 11) is 4.09. The quantitative estimate of drug-likeness (QED) is 0.154. The summed E-state index contributed by atoms with van der Waals surface area (Å²) in [6.07, 6.45) is 4.35. The van der Waals surface area contributed by atoms with Crippen LogP contribution in [0.5, 0.6) is 0 Å². The van der Waals surface area contributed by atoms with E-state index in [4.69, 9.17) is 4.74 Å². The number of nitrogens with one attached hydrogen (secondary N) is 4. The Labute approximate surface area is 323 Å². The summed E-state index contributed by atoms with van der Waals surface area (Å²) in [5, 5.41) is 5.11. The predicted molar refractivity (Wildman–Crippen MR) is 201 cm³/mol. The van der Waals surface area contributed by atoms with Crippen LogP contribution in [0.15, 0.2) is 54.9 Å². The number of benzene rings is 2. The van der Waals surface area contributed by atoms with Crippen LogP contribution in [-0.4, -0.2) is 101 Å². The zero-order chi connectivity index (χ0) is 40.1. The molecular formula is C39H47F2N9O6. The van der Waals surface area contributed by atoms with E-state index in [1.807, 2.05) is 13.0 Å². The van der Waals surface area contributed by atoms with Crippen molar-refractivity contribution < 1.29 is 37.4 Å². The smallest absolute Gasteiger partial charge is 0.407 e. The third kappa shape index (κ3) is 8.45. The van der Waals surface area contributed by atoms with E-state index in [1.54, 1.807) is 54.2 Å². The molecule has 4 aromatic rings. The second kappa shape index (κ2) is 17.2. The molecule has 2 aromatic heterocycles. The molecule has 2 aromatic carbocycles. The van der Waals surface area contributed by atoms with Crippen LogP contribution in [0, 0.1) is 11.6 Å². The minimum Gasteiger partial charge on any atom is -0.453 e. The highest BCUT2D eigenvalue weighted by Crippen LogP contribution is 2.37. The standard InChI is InChI=1S/C39H47F2N9O6/c1-22(44-38(53)55-4)36(51)48(3)23(2)34-42-20-29(45-34)24-13-16-49(17-14-24)33-27(40)18-26(19-28(33)41)30-21-43-35(46-30)31-12-9-15-50(31)37(52)32(47-39(54)56-5)25-10-7-6-8-11-25/h6-8,10-11,18-24,31-32H,9,12-17H2,1-5H3,(H,42,45)(H,43,46)(H,44,53)(H,47,54)/t22-,23+,31+,32-/m1/s1. The fraction of sp³-hybridized carbons (Fsp3) is 0.436. The molecule has 4 atom stereocenters. The minimum atomic E-state index is -0.975. The van der Waals surface area contributed by atoms with E-state index < -0.39 is 48.0 Å². The largest absolute Gasteiger partial charge is 0.453 e. The molecule has 17 heteroatoms. The lowest BCUT2D eigenvalue weighted by molar-refractivity contribution is -0.135. The molecule has 56 heavy (non-hydrogen) atoms. The number of H-pyrrole nitrogens is 2. The highest BCUT2D eigenvalue weighted by molar-refractivity contribution is 5.87. The van der Waals surface area contributed by atoms with Crippen LogP contribution in [0.4, 0.5) is 24.1 Å². The van der Waals surface area contributed by atoms with E-state index in [2.05, 4.69) is 35.3 Å². The van der Waals surface area contributed by atoms with Gasteiger partial charge in [-0.25, -0.2) is 28.3 Å². The molecule has 0 saturated carbocycles. The maximum atomic E-state index is 15.7. The topological polar surface area (TPSA) is 178 Å². The first-order valence-electron chi connectivity index (χ1n) is 18.5. The van der Waals surface area contributed by atoms with Gasteiger partial charge in [0.1, 0.15) is 41.1 Å². The van der Waals surface area contributed by atoms with E-state index in [1.165, 1.54) is 37.4 Å². The van der Waals surface area contributed by atoms with Gasteiger partial charge in [0.05, 0.1) is 38.2 Å². The number of alkyl carbamates (subject to hydrolysis) is 2. The number of ether oxygens (including phenoxy) is 2. The van der Waals surface area contributed by atoms with Crippen LogP contribution < -0.4 is 15.5 Å². The summed E-state index contributed by atoms with van der Waals surface area (Å²) in [6, 6.07) is 8.84. The number of nitrogens with zero attached hydrogens (tertiary/aromatic N) is 5. The fourth-order valence-corrected chi connectivity index (χ4v) is 7.43. The van der Waals surface area contributed by atoms with Gasteiger partial charge in [0.25, 0.3) is 5.91 Å². The molecule has 2 aliphatic rings. The number of aromatic nitrogens is 4. The fourth-order valence-electron chi connectivity index (χ4n) is 7.43. The Morgan fingerprint density at radius 2 is 1.55 bits per heavy atom. The van der Waals surface area contributed by atoms with Crippen molar-refractivity contribution in [2.45, 2.75) is 69.6 Å². The number of imidazole rings is 2. The third-order valence-corrected chi connectivity index (χ3v) is 10.7. The Hall–Kier alpha value is -6.00. The van der Waals surface area contributed by atoms with E-state index in [0.717, 1.165) is 5.69 Å². The van der Waals surface area contributed by atoms with Crippen molar-refractivity contribution >= 4 is 29.7 Å². The van der Waals surface area contributed by atoms with E-state index >= 15 is 8.78 Å². The molecule has 4 N–H and O–H groups in total. The van der Waals surface area contributed by atoms with Crippen LogP contribution in [-0.2, 0) is 19.1 Å². The van der Waals surface area contributed by atoms with E-state index in [-0.39, 0.29) is 29.0 Å². The van der Waals surface area contributed by atoms with Gasteiger partial charge in [-0.15, -0.1) is 0 Å². The zero-order valence-corrected chi connectivity index (χ0v) is 32.0. The van der Waals surface area contributed by atoms with Crippen molar-refractivity contribution in [3.63, 3.8) is 0 Å². The lowest BCUT2D eigenvalue weighted by atomic mass is 9.93. The van der Waals surface area contributed by atoms with Crippen molar-refractivity contribution in [2.24, 2.45) is 0 Å². The van der Waals surface area contributed by atoms with Crippen molar-refractivity contribution in [1.82, 2.24) is 40.4 Å². The minimum absolute atomic E-state index is 0.0655.